The van der Waals surface area contributed by atoms with Crippen LogP contribution in [0.2, 0.25) is 0 Å². The number of aliphatic hydroxyl groups excluding tert-OH is 1. The van der Waals surface area contributed by atoms with Crippen molar-refractivity contribution in [3.8, 4) is 0 Å². The number of carbonyl (C=O) groups excluding carboxylic acids is 2. The number of Topliss-reactive ketones (excluding diaryl/α,β-unsaturated/α-hetero) is 2. The molecule has 34 heavy (non-hydrogen) atoms. The van der Waals surface area contributed by atoms with Gasteiger partial charge in [-0.15, -0.1) is 0 Å². The van der Waals surface area contributed by atoms with Crippen LogP contribution in [0.4, 0.5) is 0 Å². The van der Waals surface area contributed by atoms with Crippen LogP contribution >= 0.6 is 0 Å². The second-order valence-corrected chi connectivity index (χ2v) is 14.2. The van der Waals surface area contributed by atoms with Crippen molar-refractivity contribution in [3.63, 3.8) is 0 Å². The zero-order valence-corrected chi connectivity index (χ0v) is 22.9. The lowest BCUT2D eigenvalue weighted by atomic mass is 9.43. The molecule has 0 bridgehead atoms. The van der Waals surface area contributed by atoms with Crippen molar-refractivity contribution in [2.75, 3.05) is 0 Å². The van der Waals surface area contributed by atoms with Gasteiger partial charge < -0.3 is 10.2 Å². The average molecular weight is 473 g/mol. The van der Waals surface area contributed by atoms with Crippen LogP contribution < -0.4 is 0 Å². The van der Waals surface area contributed by atoms with Crippen LogP contribution in [0.3, 0.4) is 0 Å². The highest BCUT2D eigenvalue weighted by Gasteiger charge is 2.65. The van der Waals surface area contributed by atoms with Crippen LogP contribution in [0.5, 0.6) is 0 Å². The maximum Gasteiger partial charge on any atom is 0.159 e. The van der Waals surface area contributed by atoms with Crippen molar-refractivity contribution < 1.29 is 19.8 Å². The summed E-state index contributed by atoms with van der Waals surface area (Å²) in [5, 5.41) is 20.5. The van der Waals surface area contributed by atoms with E-state index in [1.54, 1.807) is 13.8 Å². The zero-order chi connectivity index (χ0) is 25.5. The Morgan fingerprint density at radius 1 is 1.00 bits per heavy atom. The summed E-state index contributed by atoms with van der Waals surface area (Å²) in [5.41, 5.74) is 0.905. The zero-order valence-electron chi connectivity index (χ0n) is 22.9. The summed E-state index contributed by atoms with van der Waals surface area (Å²) < 4.78 is 0. The van der Waals surface area contributed by atoms with Crippen molar-refractivity contribution in [2.45, 2.75) is 125 Å². The monoisotopic (exact) mass is 472 g/mol. The molecule has 4 nitrogen and oxygen atoms in total. The van der Waals surface area contributed by atoms with Crippen LogP contribution in [0.1, 0.15) is 113 Å². The Kier molecular flexibility index (Phi) is 6.14. The van der Waals surface area contributed by atoms with E-state index in [4.69, 9.17) is 0 Å². The highest BCUT2D eigenvalue weighted by molar-refractivity contribution is 6.00. The first-order valence-corrected chi connectivity index (χ1v) is 13.7. The van der Waals surface area contributed by atoms with Crippen LogP contribution in [-0.2, 0) is 9.59 Å². The molecule has 4 heteroatoms. The number of hydrogen-bond donors (Lipinski definition) is 2. The number of allylic oxidation sites excluding steroid dienone is 2. The van der Waals surface area contributed by atoms with Gasteiger partial charge in [-0.3, -0.25) is 9.59 Å². The first-order chi connectivity index (χ1) is 15.5. The summed E-state index contributed by atoms with van der Waals surface area (Å²) in [6.45, 7) is 16.9. The predicted octanol–water partition coefficient (Wildman–Crippen LogP) is 6.03. The molecule has 0 aliphatic heterocycles. The Morgan fingerprint density at radius 3 is 2.26 bits per heavy atom. The highest BCUT2D eigenvalue weighted by Crippen LogP contribution is 2.71. The van der Waals surface area contributed by atoms with Crippen molar-refractivity contribution in [3.05, 3.63) is 11.1 Å². The molecule has 0 aromatic heterocycles. The minimum atomic E-state index is -1.08. The minimum Gasteiger partial charge on any atom is -0.390 e. The van der Waals surface area contributed by atoms with Gasteiger partial charge in [-0.05, 0) is 87.4 Å². The summed E-state index contributed by atoms with van der Waals surface area (Å²) in [6.07, 6.45) is 7.01. The molecule has 4 aliphatic carbocycles. The van der Waals surface area contributed by atoms with E-state index >= 15 is 0 Å². The summed E-state index contributed by atoms with van der Waals surface area (Å²) in [4.78, 5) is 26.7. The molecule has 0 radical (unpaired) electrons. The molecule has 0 unspecified atom stereocenters. The fourth-order valence-electron chi connectivity index (χ4n) is 9.10. The number of aliphatic hydroxyl groups is 2. The molecule has 2 fully saturated rings. The van der Waals surface area contributed by atoms with Gasteiger partial charge in [0.25, 0.3) is 0 Å². The topological polar surface area (TPSA) is 74.6 Å². The number of ketones is 2. The third-order valence-corrected chi connectivity index (χ3v) is 11.8. The Hall–Kier alpha value is -1.00. The summed E-state index contributed by atoms with van der Waals surface area (Å²) >= 11 is 0. The fourth-order valence-corrected chi connectivity index (χ4v) is 9.10. The second-order valence-electron chi connectivity index (χ2n) is 14.2. The lowest BCUT2D eigenvalue weighted by molar-refractivity contribution is -0.142. The molecule has 0 aromatic rings. The van der Waals surface area contributed by atoms with Gasteiger partial charge in [0.1, 0.15) is 5.78 Å². The molecule has 0 saturated heterocycles. The smallest absolute Gasteiger partial charge is 0.159 e. The molecule has 2 saturated carbocycles. The number of rotatable bonds is 5. The van der Waals surface area contributed by atoms with Gasteiger partial charge in [0.15, 0.2) is 5.78 Å². The van der Waals surface area contributed by atoms with Gasteiger partial charge in [0.2, 0.25) is 0 Å². The Labute approximate surface area is 207 Å². The van der Waals surface area contributed by atoms with Crippen molar-refractivity contribution in [1.29, 1.82) is 0 Å². The second kappa shape index (κ2) is 8.00. The van der Waals surface area contributed by atoms with E-state index < -0.39 is 17.1 Å². The summed E-state index contributed by atoms with van der Waals surface area (Å²) in [6, 6.07) is 0. The third kappa shape index (κ3) is 3.52. The lowest BCUT2D eigenvalue weighted by Crippen LogP contribution is -2.56. The fraction of sp³-hybridized carbons (Fsp3) is 0.867. The van der Waals surface area contributed by atoms with Gasteiger partial charge >= 0.3 is 0 Å². The average Bonchev–Trinajstić information content (AvgIpc) is 3.01. The van der Waals surface area contributed by atoms with Crippen LogP contribution in [0.25, 0.3) is 0 Å². The lowest BCUT2D eigenvalue weighted by Gasteiger charge is -2.60. The molecule has 192 valence electrons. The molecule has 0 aromatic carbocycles. The molecule has 4 rings (SSSR count). The van der Waals surface area contributed by atoms with Gasteiger partial charge in [-0.1, -0.05) is 47.1 Å². The molecular formula is C30H48O4. The van der Waals surface area contributed by atoms with E-state index in [-0.39, 0.29) is 22.2 Å². The van der Waals surface area contributed by atoms with Gasteiger partial charge in [0, 0.05) is 29.2 Å². The third-order valence-electron chi connectivity index (χ3n) is 11.8. The van der Waals surface area contributed by atoms with E-state index in [1.165, 1.54) is 5.57 Å². The standard InChI is InChI=1S/C30H48O4/c1-18(9-10-24(33)27(4,5)34)19-11-16-30(8)25-20(12-15-29(19,30)7)28(6)14-13-23(32)26(2,3)22(28)17-21(25)31/h18-19,22,24,33-34H,9-17H2,1-8H3/t18-,19-,22+,24+,28-,29-,30+/m1/s1. The van der Waals surface area contributed by atoms with Crippen molar-refractivity contribution >= 4 is 11.6 Å². The number of hydrogen-bond acceptors (Lipinski definition) is 4. The Balaban J connectivity index is 1.66. The predicted molar refractivity (Wildman–Crippen MR) is 135 cm³/mol. The van der Waals surface area contributed by atoms with E-state index in [9.17, 15) is 19.8 Å². The molecular weight excluding hydrogens is 424 g/mol. The molecule has 0 spiro atoms. The molecule has 0 amide bonds. The van der Waals surface area contributed by atoms with Gasteiger partial charge in [-0.2, -0.15) is 0 Å². The van der Waals surface area contributed by atoms with Crippen LogP contribution in [0.15, 0.2) is 11.1 Å². The maximum absolute atomic E-state index is 13.9. The van der Waals surface area contributed by atoms with Crippen molar-refractivity contribution in [2.24, 2.45) is 39.4 Å². The molecule has 4 aliphatic rings. The van der Waals surface area contributed by atoms with E-state index in [1.807, 2.05) is 0 Å². The quantitative estimate of drug-likeness (QED) is 0.512. The Bertz CT molecular complexity index is 907. The van der Waals surface area contributed by atoms with E-state index in [2.05, 4.69) is 41.5 Å². The first kappa shape index (κ1) is 26.1. The summed E-state index contributed by atoms with van der Waals surface area (Å²) in [5.74, 6) is 1.67. The van der Waals surface area contributed by atoms with Gasteiger partial charge in [-0.25, -0.2) is 0 Å². The highest BCUT2D eigenvalue weighted by atomic mass is 16.3. The number of fused-ring (bicyclic) bond motifs is 4. The van der Waals surface area contributed by atoms with Crippen LogP contribution in [-0.4, -0.2) is 33.5 Å². The first-order valence-electron chi connectivity index (χ1n) is 13.7. The minimum absolute atomic E-state index is 0.0501. The van der Waals surface area contributed by atoms with Crippen molar-refractivity contribution in [1.82, 2.24) is 0 Å². The number of carbonyl (C=O) groups is 2. The normalized spacial score (nSPS) is 41.6. The maximum atomic E-state index is 13.9. The molecule has 0 heterocycles. The Morgan fingerprint density at radius 2 is 1.65 bits per heavy atom. The molecule has 2 N–H and O–H groups in total. The van der Waals surface area contributed by atoms with E-state index in [0.717, 1.165) is 44.1 Å². The summed E-state index contributed by atoms with van der Waals surface area (Å²) in [7, 11) is 0. The SMILES string of the molecule is C[C@H](CC[C@H](O)C(C)(C)O)[C@H]1CC[C@@]2(C)C3=C(CC[C@]12C)[C@@]1(C)CCC(=O)C(C)(C)[C@@H]1CC3=O. The van der Waals surface area contributed by atoms with Gasteiger partial charge in [0.05, 0.1) is 11.7 Å². The molecule has 7 atom stereocenters. The largest absolute Gasteiger partial charge is 0.390 e. The van der Waals surface area contributed by atoms with Crippen LogP contribution in [0, 0.1) is 39.4 Å². The van der Waals surface area contributed by atoms with E-state index in [0.29, 0.717) is 42.7 Å².